The predicted octanol–water partition coefficient (Wildman–Crippen LogP) is 2.33. The van der Waals surface area contributed by atoms with Gasteiger partial charge < -0.3 is 14.9 Å². The van der Waals surface area contributed by atoms with Crippen molar-refractivity contribution in [2.45, 2.75) is 18.6 Å². The summed E-state index contributed by atoms with van der Waals surface area (Å²) >= 11 is 0. The molecule has 5 nitrogen and oxygen atoms in total. The van der Waals surface area contributed by atoms with Crippen LogP contribution in [0.3, 0.4) is 0 Å². The van der Waals surface area contributed by atoms with E-state index in [9.17, 15) is 14.3 Å². The molecule has 6 heteroatoms. The fourth-order valence-corrected chi connectivity index (χ4v) is 3.37. The Morgan fingerprint density at radius 1 is 1.23 bits per heavy atom. The fraction of sp³-hybridized carbons (Fsp3) is 0.350. The summed E-state index contributed by atoms with van der Waals surface area (Å²) in [5.74, 6) is -1.27. The van der Waals surface area contributed by atoms with Crippen LogP contribution in [0.15, 0.2) is 48.5 Å². The average Bonchev–Trinajstić information content (AvgIpc) is 2.64. The number of ether oxygens (including phenoxy) is 1. The van der Waals surface area contributed by atoms with E-state index < -0.39 is 11.6 Å². The lowest BCUT2D eigenvalue weighted by Crippen LogP contribution is -2.55. The number of hydrogen-bond acceptors (Lipinski definition) is 4. The zero-order chi connectivity index (χ0) is 18.6. The van der Waals surface area contributed by atoms with Crippen molar-refractivity contribution < 1.29 is 24.1 Å². The number of hydrogen-bond donors (Lipinski definition) is 2. The number of aliphatic hydroxyl groups excluding tert-OH is 1. The lowest BCUT2D eigenvalue weighted by atomic mass is 9.92. The first kappa shape index (κ1) is 18.5. The van der Waals surface area contributed by atoms with Gasteiger partial charge in [-0.2, -0.15) is 0 Å². The predicted molar refractivity (Wildman–Crippen MR) is 94.6 cm³/mol. The number of rotatable bonds is 6. The summed E-state index contributed by atoms with van der Waals surface area (Å²) < 4.78 is 19.9. The van der Waals surface area contributed by atoms with Gasteiger partial charge in [0.05, 0.1) is 18.8 Å². The molecule has 0 saturated carbocycles. The molecule has 138 valence electrons. The topological polar surface area (TPSA) is 70.0 Å². The SMILES string of the molecule is O=C(O)c1cccc(CN2CCOC(CO)(Cc3ccccc3F)C2)c1. The maximum Gasteiger partial charge on any atom is 0.335 e. The van der Waals surface area contributed by atoms with E-state index >= 15 is 0 Å². The van der Waals surface area contributed by atoms with E-state index in [1.165, 1.54) is 6.07 Å². The maximum absolute atomic E-state index is 14.0. The summed E-state index contributed by atoms with van der Waals surface area (Å²) in [6, 6.07) is 13.3. The van der Waals surface area contributed by atoms with Gasteiger partial charge in [-0.25, -0.2) is 9.18 Å². The van der Waals surface area contributed by atoms with Crippen LogP contribution >= 0.6 is 0 Å². The number of morpholine rings is 1. The molecule has 1 heterocycles. The number of carbonyl (C=O) groups is 1. The highest BCUT2D eigenvalue weighted by Crippen LogP contribution is 2.25. The lowest BCUT2D eigenvalue weighted by molar-refractivity contribution is -0.134. The summed E-state index contributed by atoms with van der Waals surface area (Å²) in [4.78, 5) is 13.2. The Kier molecular flexibility index (Phi) is 5.66. The second-order valence-electron chi connectivity index (χ2n) is 6.67. The van der Waals surface area contributed by atoms with Crippen LogP contribution in [0.1, 0.15) is 21.5 Å². The highest BCUT2D eigenvalue weighted by Gasteiger charge is 2.37. The average molecular weight is 359 g/mol. The van der Waals surface area contributed by atoms with Crippen molar-refractivity contribution in [3.05, 3.63) is 71.0 Å². The molecule has 26 heavy (non-hydrogen) atoms. The molecule has 2 aromatic rings. The zero-order valence-electron chi connectivity index (χ0n) is 14.4. The van der Waals surface area contributed by atoms with Crippen LogP contribution in [-0.2, 0) is 17.7 Å². The minimum Gasteiger partial charge on any atom is -0.478 e. The van der Waals surface area contributed by atoms with E-state index in [0.717, 1.165) is 5.56 Å². The molecule has 1 atom stereocenters. The van der Waals surface area contributed by atoms with Gasteiger partial charge in [-0.3, -0.25) is 4.90 Å². The van der Waals surface area contributed by atoms with Gasteiger partial charge in [-0.1, -0.05) is 30.3 Å². The minimum absolute atomic E-state index is 0.215. The van der Waals surface area contributed by atoms with Gasteiger partial charge in [0, 0.05) is 26.1 Å². The summed E-state index contributed by atoms with van der Waals surface area (Å²) in [5.41, 5.74) is 0.765. The number of aromatic carboxylic acids is 1. The minimum atomic E-state index is -0.960. The number of halogens is 1. The fourth-order valence-electron chi connectivity index (χ4n) is 3.37. The van der Waals surface area contributed by atoms with Crippen molar-refractivity contribution in [2.24, 2.45) is 0 Å². The van der Waals surface area contributed by atoms with Crippen LogP contribution < -0.4 is 0 Å². The first-order valence-corrected chi connectivity index (χ1v) is 8.54. The Bertz CT molecular complexity index is 782. The van der Waals surface area contributed by atoms with E-state index in [1.807, 2.05) is 6.07 Å². The Balaban J connectivity index is 1.74. The van der Waals surface area contributed by atoms with Crippen molar-refractivity contribution in [2.75, 3.05) is 26.3 Å². The Morgan fingerprint density at radius 3 is 2.77 bits per heavy atom. The van der Waals surface area contributed by atoms with Crippen LogP contribution in [0.4, 0.5) is 4.39 Å². The molecular formula is C20H22FNO4. The van der Waals surface area contributed by atoms with Crippen molar-refractivity contribution in [1.29, 1.82) is 0 Å². The molecule has 1 fully saturated rings. The van der Waals surface area contributed by atoms with Crippen molar-refractivity contribution in [3.8, 4) is 0 Å². The number of benzene rings is 2. The van der Waals surface area contributed by atoms with Crippen molar-refractivity contribution in [3.63, 3.8) is 0 Å². The monoisotopic (exact) mass is 359 g/mol. The second-order valence-corrected chi connectivity index (χ2v) is 6.67. The molecule has 0 bridgehead atoms. The molecule has 2 N–H and O–H groups in total. The third-order valence-corrected chi connectivity index (χ3v) is 4.67. The molecule has 0 radical (unpaired) electrons. The third-order valence-electron chi connectivity index (χ3n) is 4.67. The molecule has 0 aromatic heterocycles. The molecule has 1 unspecified atom stereocenters. The Morgan fingerprint density at radius 2 is 2.04 bits per heavy atom. The third kappa shape index (κ3) is 4.27. The van der Waals surface area contributed by atoms with Crippen LogP contribution in [0.25, 0.3) is 0 Å². The van der Waals surface area contributed by atoms with Crippen LogP contribution in [0.2, 0.25) is 0 Å². The molecular weight excluding hydrogens is 337 g/mol. The molecule has 0 spiro atoms. The van der Waals surface area contributed by atoms with Gasteiger partial charge in [-0.15, -0.1) is 0 Å². The zero-order valence-corrected chi connectivity index (χ0v) is 14.4. The van der Waals surface area contributed by atoms with Crippen molar-refractivity contribution in [1.82, 2.24) is 4.90 Å². The summed E-state index contributed by atoms with van der Waals surface area (Å²) in [7, 11) is 0. The normalized spacial score (nSPS) is 20.8. The van der Waals surface area contributed by atoms with Crippen LogP contribution in [0.5, 0.6) is 0 Å². The quantitative estimate of drug-likeness (QED) is 0.828. The number of aliphatic hydroxyl groups is 1. The van der Waals surface area contributed by atoms with E-state index in [0.29, 0.717) is 31.8 Å². The van der Waals surface area contributed by atoms with E-state index in [2.05, 4.69) is 4.90 Å². The van der Waals surface area contributed by atoms with Gasteiger partial charge in [0.15, 0.2) is 0 Å². The molecule has 0 aliphatic carbocycles. The largest absolute Gasteiger partial charge is 0.478 e. The van der Waals surface area contributed by atoms with E-state index in [-0.39, 0.29) is 24.4 Å². The van der Waals surface area contributed by atoms with E-state index in [4.69, 9.17) is 9.84 Å². The highest BCUT2D eigenvalue weighted by molar-refractivity contribution is 5.87. The van der Waals surface area contributed by atoms with Gasteiger partial charge in [0.2, 0.25) is 0 Å². The first-order chi connectivity index (χ1) is 12.5. The highest BCUT2D eigenvalue weighted by atomic mass is 19.1. The van der Waals surface area contributed by atoms with Gasteiger partial charge in [-0.05, 0) is 29.3 Å². The van der Waals surface area contributed by atoms with Crippen molar-refractivity contribution >= 4 is 5.97 Å². The second kappa shape index (κ2) is 7.95. The molecule has 3 rings (SSSR count). The Hall–Kier alpha value is -2.28. The summed E-state index contributed by atoms with van der Waals surface area (Å²) in [5, 5.41) is 19.1. The van der Waals surface area contributed by atoms with Crippen LogP contribution in [-0.4, -0.2) is 53.0 Å². The van der Waals surface area contributed by atoms with Gasteiger partial charge >= 0.3 is 5.97 Å². The molecule has 1 aliphatic rings. The van der Waals surface area contributed by atoms with Gasteiger partial charge in [0.25, 0.3) is 0 Å². The summed E-state index contributed by atoms with van der Waals surface area (Å²) in [6.45, 7) is 1.86. The van der Waals surface area contributed by atoms with Crippen LogP contribution in [0, 0.1) is 5.82 Å². The molecule has 2 aromatic carbocycles. The standard InChI is InChI=1S/C20H22FNO4/c21-18-7-2-1-5-17(18)11-20(14-23)13-22(8-9-26-20)12-15-4-3-6-16(10-15)19(24)25/h1-7,10,23H,8-9,11-14H2,(H,24,25). The molecule has 0 amide bonds. The Labute approximate surface area is 151 Å². The van der Waals surface area contributed by atoms with Gasteiger partial charge in [0.1, 0.15) is 11.4 Å². The smallest absolute Gasteiger partial charge is 0.335 e. The van der Waals surface area contributed by atoms with E-state index in [1.54, 1.807) is 36.4 Å². The molecule has 1 aliphatic heterocycles. The first-order valence-electron chi connectivity index (χ1n) is 8.54. The number of nitrogens with zero attached hydrogens (tertiary/aromatic N) is 1. The summed E-state index contributed by atoms with van der Waals surface area (Å²) in [6.07, 6.45) is 0.280. The maximum atomic E-state index is 14.0. The lowest BCUT2D eigenvalue weighted by Gasteiger charge is -2.42. The number of carboxylic acids is 1. The number of carboxylic acid groups (broad SMARTS) is 1. The molecule has 1 saturated heterocycles.